The summed E-state index contributed by atoms with van der Waals surface area (Å²) < 4.78 is 69.6. The van der Waals surface area contributed by atoms with Crippen molar-refractivity contribution >= 4 is 27.6 Å². The number of halogens is 3. The highest BCUT2D eigenvalue weighted by Gasteiger charge is 2.42. The molecule has 0 spiro atoms. The average molecular weight is 609 g/mol. The standard InChI is InChI=1S/C32H27F3N2O5S/c33-32(34,35)27-10-3-2-9-26(27)23-12-14-25(15-13-23)43(41,42)37-28-11-4-1-8-24(28)20-29(37)31(40)36-17-16-21-6-5-7-22(18-21)19-30(38)39/h1-15,18,29H,16-17,19-20H2,(H,36,40)(H,38,39)/t29-/m0/s1. The van der Waals surface area contributed by atoms with Gasteiger partial charge < -0.3 is 10.4 Å². The molecule has 1 aliphatic rings. The van der Waals surface area contributed by atoms with E-state index in [0.717, 1.165) is 15.9 Å². The van der Waals surface area contributed by atoms with Crippen LogP contribution in [0.1, 0.15) is 22.3 Å². The molecule has 0 bridgehead atoms. The van der Waals surface area contributed by atoms with Gasteiger partial charge in [-0.05, 0) is 58.5 Å². The molecule has 43 heavy (non-hydrogen) atoms. The Labute approximate surface area is 246 Å². The van der Waals surface area contributed by atoms with E-state index in [9.17, 15) is 31.2 Å². The van der Waals surface area contributed by atoms with Gasteiger partial charge >= 0.3 is 12.1 Å². The van der Waals surface area contributed by atoms with Gasteiger partial charge in [-0.2, -0.15) is 13.2 Å². The first-order valence-electron chi connectivity index (χ1n) is 13.4. The molecule has 5 rings (SSSR count). The van der Waals surface area contributed by atoms with E-state index < -0.39 is 39.7 Å². The fraction of sp³-hybridized carbons (Fsp3) is 0.188. The van der Waals surface area contributed by atoms with Gasteiger partial charge in [-0.25, -0.2) is 8.42 Å². The molecular weight excluding hydrogens is 581 g/mol. The van der Waals surface area contributed by atoms with E-state index in [1.807, 2.05) is 6.07 Å². The van der Waals surface area contributed by atoms with Gasteiger partial charge in [-0.1, -0.05) is 72.8 Å². The fourth-order valence-corrected chi connectivity index (χ4v) is 6.92. The first kappa shape index (κ1) is 29.8. The van der Waals surface area contributed by atoms with Crippen LogP contribution in [0.4, 0.5) is 18.9 Å². The predicted octanol–water partition coefficient (Wildman–Crippen LogP) is 5.48. The van der Waals surface area contributed by atoms with Gasteiger partial charge in [0.25, 0.3) is 10.0 Å². The zero-order chi connectivity index (χ0) is 30.8. The Morgan fingerprint density at radius 1 is 0.884 bits per heavy atom. The Bertz CT molecular complexity index is 1770. The zero-order valence-corrected chi connectivity index (χ0v) is 23.5. The number of amides is 1. The second-order valence-electron chi connectivity index (χ2n) is 10.1. The van der Waals surface area contributed by atoms with Crippen LogP contribution in [-0.4, -0.2) is 38.0 Å². The average Bonchev–Trinajstić information content (AvgIpc) is 3.37. The monoisotopic (exact) mass is 608 g/mol. The minimum atomic E-state index is -4.58. The summed E-state index contributed by atoms with van der Waals surface area (Å²) in [4.78, 5) is 24.2. The number of nitrogens with zero attached hydrogens (tertiary/aromatic N) is 1. The Balaban J connectivity index is 1.37. The molecule has 0 unspecified atom stereocenters. The van der Waals surface area contributed by atoms with E-state index in [4.69, 9.17) is 5.11 Å². The van der Waals surface area contributed by atoms with Crippen LogP contribution in [0.15, 0.2) is 102 Å². The maximum absolute atomic E-state index is 13.9. The molecule has 0 aliphatic carbocycles. The number of para-hydroxylation sites is 1. The molecule has 222 valence electrons. The fourth-order valence-electron chi connectivity index (χ4n) is 5.27. The maximum atomic E-state index is 13.9. The van der Waals surface area contributed by atoms with Crippen LogP contribution in [-0.2, 0) is 45.1 Å². The Hall–Kier alpha value is -4.64. The van der Waals surface area contributed by atoms with E-state index >= 15 is 0 Å². The van der Waals surface area contributed by atoms with Gasteiger partial charge in [0.15, 0.2) is 0 Å². The lowest BCUT2D eigenvalue weighted by atomic mass is 9.99. The first-order chi connectivity index (χ1) is 20.4. The Morgan fingerprint density at radius 2 is 1.56 bits per heavy atom. The molecule has 1 amide bonds. The molecule has 0 radical (unpaired) electrons. The van der Waals surface area contributed by atoms with E-state index in [1.165, 1.54) is 42.5 Å². The van der Waals surface area contributed by atoms with Crippen molar-refractivity contribution in [1.82, 2.24) is 5.32 Å². The van der Waals surface area contributed by atoms with Gasteiger partial charge in [0.1, 0.15) is 6.04 Å². The number of carboxylic acids is 1. The lowest BCUT2D eigenvalue weighted by molar-refractivity contribution is -0.137. The summed E-state index contributed by atoms with van der Waals surface area (Å²) in [6.45, 7) is 0.198. The quantitative estimate of drug-likeness (QED) is 0.262. The summed E-state index contributed by atoms with van der Waals surface area (Å²) in [6.07, 6.45) is -4.15. The SMILES string of the molecule is O=C(O)Cc1cccc(CCNC(=O)[C@@H]2Cc3ccccc3N2S(=O)(=O)c2ccc(-c3ccccc3C(F)(F)F)cc2)c1. The van der Waals surface area contributed by atoms with Crippen molar-refractivity contribution in [3.63, 3.8) is 0 Å². The van der Waals surface area contributed by atoms with Gasteiger partial charge in [-0.15, -0.1) is 0 Å². The van der Waals surface area contributed by atoms with Crippen molar-refractivity contribution in [2.75, 3.05) is 10.8 Å². The number of carbonyl (C=O) groups excluding carboxylic acids is 1. The molecule has 0 saturated carbocycles. The van der Waals surface area contributed by atoms with Crippen LogP contribution in [0.5, 0.6) is 0 Å². The first-order valence-corrected chi connectivity index (χ1v) is 14.9. The van der Waals surface area contributed by atoms with Crippen LogP contribution in [0, 0.1) is 0 Å². The number of carbonyl (C=O) groups is 2. The topological polar surface area (TPSA) is 104 Å². The number of alkyl halides is 3. The lowest BCUT2D eigenvalue weighted by Crippen LogP contribution is -2.48. The number of hydrogen-bond acceptors (Lipinski definition) is 4. The number of rotatable bonds is 9. The number of aliphatic carboxylic acids is 1. The molecular formula is C32H27F3N2O5S. The molecule has 2 N–H and O–H groups in total. The van der Waals surface area contributed by atoms with Gasteiger partial charge in [0.05, 0.1) is 22.6 Å². The number of nitrogens with one attached hydrogen (secondary N) is 1. The molecule has 4 aromatic carbocycles. The molecule has 0 saturated heterocycles. The molecule has 1 aliphatic heterocycles. The summed E-state index contributed by atoms with van der Waals surface area (Å²) in [5.74, 6) is -1.45. The number of anilines is 1. The maximum Gasteiger partial charge on any atom is 0.417 e. The lowest BCUT2D eigenvalue weighted by Gasteiger charge is -2.26. The van der Waals surface area contributed by atoms with E-state index in [0.29, 0.717) is 23.2 Å². The van der Waals surface area contributed by atoms with Crippen LogP contribution >= 0.6 is 0 Å². The summed E-state index contributed by atoms with van der Waals surface area (Å²) in [5, 5.41) is 11.8. The second kappa shape index (κ2) is 11.9. The Kier molecular flexibility index (Phi) is 8.27. The molecule has 1 atom stereocenters. The van der Waals surface area contributed by atoms with E-state index in [1.54, 1.807) is 42.5 Å². The minimum Gasteiger partial charge on any atom is -0.481 e. The number of fused-ring (bicyclic) bond motifs is 1. The third-order valence-corrected chi connectivity index (χ3v) is 9.08. The van der Waals surface area contributed by atoms with Crippen molar-refractivity contribution in [2.45, 2.75) is 36.4 Å². The highest BCUT2D eigenvalue weighted by atomic mass is 32.2. The summed E-state index contributed by atoms with van der Waals surface area (Å²) in [7, 11) is -4.28. The van der Waals surface area contributed by atoms with E-state index in [2.05, 4.69) is 5.32 Å². The summed E-state index contributed by atoms with van der Waals surface area (Å²) in [5.41, 5.74) is 1.79. The normalized spacial score (nSPS) is 14.8. The number of sulfonamides is 1. The van der Waals surface area contributed by atoms with Crippen LogP contribution in [0.3, 0.4) is 0 Å². The van der Waals surface area contributed by atoms with Crippen molar-refractivity contribution in [3.05, 3.63) is 119 Å². The number of carboxylic acid groups (broad SMARTS) is 1. The highest BCUT2D eigenvalue weighted by Crippen LogP contribution is 2.39. The number of hydrogen-bond donors (Lipinski definition) is 2. The van der Waals surface area contributed by atoms with Gasteiger partial charge in [0.2, 0.25) is 5.91 Å². The third-order valence-electron chi connectivity index (χ3n) is 7.24. The molecule has 0 aromatic heterocycles. The van der Waals surface area contributed by atoms with Crippen molar-refractivity contribution in [2.24, 2.45) is 0 Å². The van der Waals surface area contributed by atoms with Crippen LogP contribution < -0.4 is 9.62 Å². The third kappa shape index (κ3) is 6.41. The van der Waals surface area contributed by atoms with Gasteiger partial charge in [-0.3, -0.25) is 13.9 Å². The van der Waals surface area contributed by atoms with Crippen LogP contribution in [0.2, 0.25) is 0 Å². The second-order valence-corrected chi connectivity index (χ2v) is 12.0. The predicted molar refractivity (Wildman–Crippen MR) is 155 cm³/mol. The summed E-state index contributed by atoms with van der Waals surface area (Å²) in [6, 6.07) is 22.9. The largest absolute Gasteiger partial charge is 0.481 e. The Morgan fingerprint density at radius 3 is 2.28 bits per heavy atom. The van der Waals surface area contributed by atoms with Crippen molar-refractivity contribution in [1.29, 1.82) is 0 Å². The molecule has 7 nitrogen and oxygen atoms in total. The van der Waals surface area contributed by atoms with Crippen molar-refractivity contribution < 1.29 is 36.3 Å². The van der Waals surface area contributed by atoms with Gasteiger partial charge in [0, 0.05) is 13.0 Å². The van der Waals surface area contributed by atoms with Crippen LogP contribution in [0.25, 0.3) is 11.1 Å². The summed E-state index contributed by atoms with van der Waals surface area (Å²) >= 11 is 0. The zero-order valence-electron chi connectivity index (χ0n) is 22.7. The van der Waals surface area contributed by atoms with E-state index in [-0.39, 0.29) is 35.4 Å². The highest BCUT2D eigenvalue weighted by molar-refractivity contribution is 7.93. The molecule has 0 fully saturated rings. The smallest absolute Gasteiger partial charge is 0.417 e. The molecule has 1 heterocycles. The number of benzene rings is 4. The molecule has 4 aromatic rings. The molecule has 11 heteroatoms. The minimum absolute atomic E-state index is 0.0729. The van der Waals surface area contributed by atoms with Crippen molar-refractivity contribution in [3.8, 4) is 11.1 Å².